The number of carbonyl (C=O) groups is 1. The lowest BCUT2D eigenvalue weighted by Gasteiger charge is -1.86. The van der Waals surface area contributed by atoms with E-state index < -0.39 is 0 Å². The molecule has 0 amide bonds. The number of esters is 1. The number of ether oxygens (including phenoxy) is 1. The Morgan fingerprint density at radius 1 is 1.60 bits per heavy atom. The van der Waals surface area contributed by atoms with Crippen molar-refractivity contribution in [2.75, 3.05) is 13.7 Å². The van der Waals surface area contributed by atoms with Crippen LogP contribution >= 0.6 is 0 Å². The first-order valence-electron chi connectivity index (χ1n) is 3.26. The molecule has 0 radical (unpaired) electrons. The number of methoxy groups -OCH3 is 1. The van der Waals surface area contributed by atoms with Gasteiger partial charge in [-0.1, -0.05) is 19.9 Å². The van der Waals surface area contributed by atoms with Crippen LogP contribution in [0.3, 0.4) is 0 Å². The van der Waals surface area contributed by atoms with Gasteiger partial charge in [-0.15, -0.1) is 0 Å². The molecule has 60 valence electrons. The van der Waals surface area contributed by atoms with E-state index >= 15 is 0 Å². The second-order valence-corrected chi connectivity index (χ2v) is 1.16. The zero-order valence-corrected chi connectivity index (χ0v) is 6.76. The minimum absolute atomic E-state index is 0.365. The zero-order chi connectivity index (χ0) is 8.41. The standard InChI is InChI=1S/C5H9NO2.C2H6/c1-8-5(7)3-2-4-6;1-2/h2-3H,4,6H2,1H3;1-2H3/b3-2+;. The second-order valence-electron chi connectivity index (χ2n) is 1.16. The van der Waals surface area contributed by atoms with Crippen molar-refractivity contribution in [1.82, 2.24) is 0 Å². The highest BCUT2D eigenvalue weighted by atomic mass is 16.5. The first-order valence-corrected chi connectivity index (χ1v) is 3.26. The lowest BCUT2D eigenvalue weighted by Crippen LogP contribution is -1.98. The van der Waals surface area contributed by atoms with Gasteiger partial charge in [-0.05, 0) is 0 Å². The summed E-state index contributed by atoms with van der Waals surface area (Å²) in [5, 5.41) is 0. The van der Waals surface area contributed by atoms with Crippen molar-refractivity contribution in [3.8, 4) is 0 Å². The molecule has 0 aliphatic rings. The van der Waals surface area contributed by atoms with Gasteiger partial charge in [0.1, 0.15) is 0 Å². The molecule has 0 aromatic carbocycles. The third-order valence-electron chi connectivity index (χ3n) is 0.591. The Balaban J connectivity index is 0. The van der Waals surface area contributed by atoms with Gasteiger partial charge in [0.15, 0.2) is 0 Å². The molecular weight excluding hydrogens is 130 g/mol. The topological polar surface area (TPSA) is 52.3 Å². The lowest BCUT2D eigenvalue weighted by molar-refractivity contribution is -0.134. The number of hydrogen-bond donors (Lipinski definition) is 1. The van der Waals surface area contributed by atoms with Crippen LogP contribution in [-0.4, -0.2) is 19.6 Å². The van der Waals surface area contributed by atoms with E-state index in [0.717, 1.165) is 0 Å². The fourth-order valence-electron chi connectivity index (χ4n) is 0.232. The van der Waals surface area contributed by atoms with Crippen LogP contribution < -0.4 is 5.73 Å². The fourth-order valence-corrected chi connectivity index (χ4v) is 0.232. The van der Waals surface area contributed by atoms with E-state index in [1.54, 1.807) is 0 Å². The van der Waals surface area contributed by atoms with Gasteiger partial charge in [-0.3, -0.25) is 0 Å². The van der Waals surface area contributed by atoms with Crippen LogP contribution in [0.15, 0.2) is 12.2 Å². The van der Waals surface area contributed by atoms with Gasteiger partial charge < -0.3 is 10.5 Å². The molecule has 0 fully saturated rings. The third-order valence-corrected chi connectivity index (χ3v) is 0.591. The van der Waals surface area contributed by atoms with Gasteiger partial charge in [-0.2, -0.15) is 0 Å². The predicted molar refractivity (Wildman–Crippen MR) is 41.6 cm³/mol. The molecule has 0 heterocycles. The molecule has 0 unspecified atom stereocenters. The summed E-state index contributed by atoms with van der Waals surface area (Å²) in [6.45, 7) is 4.37. The largest absolute Gasteiger partial charge is 0.466 e. The summed E-state index contributed by atoms with van der Waals surface area (Å²) in [5.41, 5.74) is 5.04. The summed E-state index contributed by atoms with van der Waals surface area (Å²) in [6, 6.07) is 0. The van der Waals surface area contributed by atoms with E-state index in [0.29, 0.717) is 6.54 Å². The smallest absolute Gasteiger partial charge is 0.330 e. The van der Waals surface area contributed by atoms with Crippen molar-refractivity contribution in [2.24, 2.45) is 5.73 Å². The van der Waals surface area contributed by atoms with E-state index in [4.69, 9.17) is 5.73 Å². The molecule has 3 nitrogen and oxygen atoms in total. The molecule has 0 spiro atoms. The van der Waals surface area contributed by atoms with Crippen LogP contribution in [0.5, 0.6) is 0 Å². The van der Waals surface area contributed by atoms with E-state index in [-0.39, 0.29) is 5.97 Å². The molecule has 10 heavy (non-hydrogen) atoms. The summed E-state index contributed by atoms with van der Waals surface area (Å²) in [7, 11) is 1.32. The highest BCUT2D eigenvalue weighted by molar-refractivity contribution is 5.81. The molecule has 0 aromatic rings. The number of carbonyl (C=O) groups excluding carboxylic acids is 1. The average Bonchev–Trinajstić information content (AvgIpc) is 2.04. The Morgan fingerprint density at radius 2 is 2.10 bits per heavy atom. The number of nitrogens with two attached hydrogens (primary N) is 1. The van der Waals surface area contributed by atoms with Crippen molar-refractivity contribution in [2.45, 2.75) is 13.8 Å². The van der Waals surface area contributed by atoms with Crippen LogP contribution in [-0.2, 0) is 9.53 Å². The Hall–Kier alpha value is -0.830. The molecule has 0 saturated carbocycles. The maximum absolute atomic E-state index is 10.2. The first kappa shape index (κ1) is 11.9. The average molecular weight is 145 g/mol. The Kier molecular flexibility index (Phi) is 13.1. The van der Waals surface area contributed by atoms with Gasteiger partial charge in [0.2, 0.25) is 0 Å². The minimum Gasteiger partial charge on any atom is -0.466 e. The van der Waals surface area contributed by atoms with Gasteiger partial charge in [-0.25, -0.2) is 4.79 Å². The monoisotopic (exact) mass is 145 g/mol. The summed E-state index contributed by atoms with van der Waals surface area (Å²) < 4.78 is 4.27. The molecule has 0 aliphatic carbocycles. The van der Waals surface area contributed by atoms with E-state index in [1.165, 1.54) is 19.3 Å². The Labute approximate surface area is 61.9 Å². The van der Waals surface area contributed by atoms with Crippen LogP contribution in [0.4, 0.5) is 0 Å². The molecule has 0 atom stereocenters. The van der Waals surface area contributed by atoms with E-state index in [2.05, 4.69) is 4.74 Å². The SMILES string of the molecule is CC.COC(=O)/C=C/CN. The van der Waals surface area contributed by atoms with Gasteiger partial charge in [0.05, 0.1) is 7.11 Å². The van der Waals surface area contributed by atoms with Gasteiger partial charge >= 0.3 is 5.97 Å². The van der Waals surface area contributed by atoms with Gasteiger partial charge in [0, 0.05) is 12.6 Å². The van der Waals surface area contributed by atoms with Crippen LogP contribution in [0.1, 0.15) is 13.8 Å². The van der Waals surface area contributed by atoms with Crippen molar-refractivity contribution >= 4 is 5.97 Å². The molecule has 0 saturated heterocycles. The normalized spacial score (nSPS) is 8.40. The highest BCUT2D eigenvalue weighted by Crippen LogP contribution is 1.73. The molecule has 3 heteroatoms. The predicted octanol–water partition coefficient (Wildman–Crippen LogP) is 0.701. The Morgan fingerprint density at radius 3 is 2.40 bits per heavy atom. The summed E-state index contributed by atoms with van der Waals surface area (Å²) in [4.78, 5) is 10.2. The maximum atomic E-state index is 10.2. The molecule has 0 aromatic heterocycles. The highest BCUT2D eigenvalue weighted by Gasteiger charge is 1.85. The fraction of sp³-hybridized carbons (Fsp3) is 0.571. The Bertz CT molecular complexity index is 99.8. The number of hydrogen-bond acceptors (Lipinski definition) is 3. The molecule has 0 aliphatic heterocycles. The quantitative estimate of drug-likeness (QED) is 0.459. The first-order chi connectivity index (χ1) is 4.81. The second kappa shape index (κ2) is 11.0. The van der Waals surface area contributed by atoms with Crippen LogP contribution in [0.2, 0.25) is 0 Å². The van der Waals surface area contributed by atoms with E-state index in [9.17, 15) is 4.79 Å². The van der Waals surface area contributed by atoms with E-state index in [1.807, 2.05) is 13.8 Å². The van der Waals surface area contributed by atoms with Crippen LogP contribution in [0, 0.1) is 0 Å². The molecule has 0 bridgehead atoms. The lowest BCUT2D eigenvalue weighted by atomic mass is 10.5. The van der Waals surface area contributed by atoms with Crippen molar-refractivity contribution in [3.63, 3.8) is 0 Å². The van der Waals surface area contributed by atoms with Crippen molar-refractivity contribution in [1.29, 1.82) is 0 Å². The zero-order valence-electron chi connectivity index (χ0n) is 6.76. The maximum Gasteiger partial charge on any atom is 0.330 e. The molecular formula is C7H15NO2. The van der Waals surface area contributed by atoms with Gasteiger partial charge in [0.25, 0.3) is 0 Å². The van der Waals surface area contributed by atoms with Crippen molar-refractivity contribution < 1.29 is 9.53 Å². The molecule has 0 rings (SSSR count). The van der Waals surface area contributed by atoms with Crippen molar-refractivity contribution in [3.05, 3.63) is 12.2 Å². The number of rotatable bonds is 2. The summed E-state index contributed by atoms with van der Waals surface area (Å²) in [6.07, 6.45) is 2.83. The summed E-state index contributed by atoms with van der Waals surface area (Å²) in [5.74, 6) is -0.365. The minimum atomic E-state index is -0.365. The summed E-state index contributed by atoms with van der Waals surface area (Å²) >= 11 is 0. The van der Waals surface area contributed by atoms with Crippen LogP contribution in [0.25, 0.3) is 0 Å². The molecule has 2 N–H and O–H groups in total. The third kappa shape index (κ3) is 10.2.